The molecule has 1 saturated heterocycles. The van der Waals surface area contributed by atoms with Crippen LogP contribution in [0.1, 0.15) is 0 Å². The van der Waals surface area contributed by atoms with Crippen molar-refractivity contribution in [2.75, 3.05) is 38.1 Å². The molecule has 0 amide bonds. The van der Waals surface area contributed by atoms with Crippen molar-refractivity contribution in [3.63, 3.8) is 0 Å². The second-order valence-electron chi connectivity index (χ2n) is 5.17. The maximum atomic E-state index is 12.1. The van der Waals surface area contributed by atoms with E-state index in [1.54, 1.807) is 0 Å². The molecule has 0 saturated carbocycles. The Morgan fingerprint density at radius 2 is 1.81 bits per heavy atom. The van der Waals surface area contributed by atoms with Gasteiger partial charge in [0.25, 0.3) is 5.56 Å². The van der Waals surface area contributed by atoms with Gasteiger partial charge in [0.1, 0.15) is 5.52 Å². The number of aromatic amines is 1. The van der Waals surface area contributed by atoms with Crippen molar-refractivity contribution in [2.24, 2.45) is 0 Å². The quantitative estimate of drug-likeness (QED) is 0.538. The van der Waals surface area contributed by atoms with Crippen molar-refractivity contribution in [1.82, 2.24) is 14.9 Å². The minimum Gasteiger partial charge on any atom is -0.504 e. The lowest BCUT2D eigenvalue weighted by atomic mass is 10.2. The first kappa shape index (κ1) is 13.5. The zero-order valence-electron chi connectivity index (χ0n) is 11.5. The van der Waals surface area contributed by atoms with E-state index in [4.69, 9.17) is 0 Å². The number of anilines is 1. The van der Waals surface area contributed by atoms with Gasteiger partial charge in [0.2, 0.25) is 11.7 Å². The number of piperazine rings is 1. The Hall–Kier alpha value is -2.48. The molecule has 0 bridgehead atoms. The van der Waals surface area contributed by atoms with Crippen LogP contribution in [0, 0.1) is 0 Å². The first-order chi connectivity index (χ1) is 9.97. The zero-order chi connectivity index (χ0) is 15.1. The lowest BCUT2D eigenvalue weighted by molar-refractivity contribution is 0.311. The van der Waals surface area contributed by atoms with Crippen LogP contribution in [0.2, 0.25) is 0 Å². The average molecular weight is 292 g/mol. The van der Waals surface area contributed by atoms with Gasteiger partial charge in [-0.25, -0.2) is 4.98 Å². The number of fused-ring (bicyclic) bond motifs is 1. The van der Waals surface area contributed by atoms with Crippen LogP contribution in [0.15, 0.2) is 10.9 Å². The third kappa shape index (κ3) is 2.23. The van der Waals surface area contributed by atoms with Crippen molar-refractivity contribution >= 4 is 16.9 Å². The Morgan fingerprint density at radius 1 is 1.14 bits per heavy atom. The molecule has 1 fully saturated rings. The molecule has 1 aliphatic heterocycles. The van der Waals surface area contributed by atoms with E-state index in [1.165, 1.54) is 0 Å². The molecule has 3 rings (SSSR count). The number of rotatable bonds is 1. The number of H-pyrrole nitrogens is 1. The van der Waals surface area contributed by atoms with Gasteiger partial charge in [-0.05, 0) is 13.1 Å². The molecule has 0 atom stereocenters. The molecule has 0 spiro atoms. The molecule has 21 heavy (non-hydrogen) atoms. The van der Waals surface area contributed by atoms with Gasteiger partial charge in [-0.3, -0.25) is 9.78 Å². The van der Waals surface area contributed by atoms with Gasteiger partial charge in [0.15, 0.2) is 11.5 Å². The monoisotopic (exact) mass is 292 g/mol. The Bertz CT molecular complexity index is 750. The summed E-state index contributed by atoms with van der Waals surface area (Å²) in [6.45, 7) is 3.09. The number of phenolic OH excluding ortho intramolecular Hbond substituents is 3. The summed E-state index contributed by atoms with van der Waals surface area (Å²) in [6.07, 6.45) is 0. The van der Waals surface area contributed by atoms with Crippen LogP contribution >= 0.6 is 0 Å². The number of phenols is 3. The maximum Gasteiger partial charge on any atom is 0.260 e. The maximum absolute atomic E-state index is 12.1. The number of aromatic nitrogens is 2. The molecule has 2 aromatic rings. The van der Waals surface area contributed by atoms with Gasteiger partial charge in [-0.15, -0.1) is 0 Å². The summed E-state index contributed by atoms with van der Waals surface area (Å²) in [5, 5.41) is 28.9. The van der Waals surface area contributed by atoms with Crippen molar-refractivity contribution in [3.05, 3.63) is 16.4 Å². The van der Waals surface area contributed by atoms with E-state index in [0.29, 0.717) is 19.0 Å². The Morgan fingerprint density at radius 3 is 2.48 bits per heavy atom. The highest BCUT2D eigenvalue weighted by Gasteiger charge is 2.20. The first-order valence-electron chi connectivity index (χ1n) is 6.59. The fourth-order valence-corrected chi connectivity index (χ4v) is 2.39. The normalized spacial score (nSPS) is 16.5. The fourth-order valence-electron chi connectivity index (χ4n) is 2.39. The lowest BCUT2D eigenvalue weighted by Crippen LogP contribution is -2.45. The van der Waals surface area contributed by atoms with E-state index in [-0.39, 0.29) is 10.9 Å². The van der Waals surface area contributed by atoms with Gasteiger partial charge in [0.05, 0.1) is 5.39 Å². The highest BCUT2D eigenvalue weighted by atomic mass is 16.3. The first-order valence-corrected chi connectivity index (χ1v) is 6.59. The molecule has 0 radical (unpaired) electrons. The van der Waals surface area contributed by atoms with E-state index in [0.717, 1.165) is 19.2 Å². The molecule has 112 valence electrons. The van der Waals surface area contributed by atoms with E-state index in [2.05, 4.69) is 14.9 Å². The molecule has 1 aromatic heterocycles. The van der Waals surface area contributed by atoms with E-state index >= 15 is 0 Å². The van der Waals surface area contributed by atoms with Crippen LogP contribution in [0.25, 0.3) is 10.9 Å². The topological polar surface area (TPSA) is 113 Å². The SMILES string of the molecule is CN1CCN(c2nc3c(O)c(O)c(O)cc3c(=O)[nH]2)CC1. The number of nitrogens with one attached hydrogen (secondary N) is 1. The molecule has 0 unspecified atom stereocenters. The number of likely N-dealkylation sites (N-methyl/N-ethyl adjacent to an activating group) is 1. The van der Waals surface area contributed by atoms with Crippen molar-refractivity contribution in [1.29, 1.82) is 0 Å². The van der Waals surface area contributed by atoms with Crippen LogP contribution in [0.5, 0.6) is 17.2 Å². The van der Waals surface area contributed by atoms with Crippen LogP contribution in [0.4, 0.5) is 5.95 Å². The zero-order valence-corrected chi connectivity index (χ0v) is 11.5. The van der Waals surface area contributed by atoms with E-state index in [9.17, 15) is 20.1 Å². The Balaban J connectivity index is 2.12. The van der Waals surface area contributed by atoms with E-state index in [1.807, 2.05) is 11.9 Å². The predicted octanol–water partition coefficient (Wildman–Crippen LogP) is -0.208. The number of benzene rings is 1. The second kappa shape index (κ2) is 4.81. The highest BCUT2D eigenvalue weighted by molar-refractivity contribution is 5.89. The molecule has 1 aliphatic rings. The summed E-state index contributed by atoms with van der Waals surface area (Å²) < 4.78 is 0. The predicted molar refractivity (Wildman–Crippen MR) is 77.1 cm³/mol. The lowest BCUT2D eigenvalue weighted by Gasteiger charge is -2.32. The number of hydrogen-bond acceptors (Lipinski definition) is 7. The smallest absolute Gasteiger partial charge is 0.260 e. The van der Waals surface area contributed by atoms with E-state index < -0.39 is 22.8 Å². The molecule has 8 heteroatoms. The molecule has 2 heterocycles. The summed E-state index contributed by atoms with van der Waals surface area (Å²) in [5.74, 6) is -1.47. The van der Waals surface area contributed by atoms with Crippen molar-refractivity contribution < 1.29 is 15.3 Å². The van der Waals surface area contributed by atoms with Gasteiger partial charge >= 0.3 is 0 Å². The third-order valence-electron chi connectivity index (χ3n) is 3.72. The molecule has 8 nitrogen and oxygen atoms in total. The minimum absolute atomic E-state index is 0.0250. The molecule has 0 aliphatic carbocycles. The van der Waals surface area contributed by atoms with Crippen LogP contribution < -0.4 is 10.5 Å². The summed E-state index contributed by atoms with van der Waals surface area (Å²) in [5.41, 5.74) is -0.498. The summed E-state index contributed by atoms with van der Waals surface area (Å²) in [4.78, 5) is 23.0. The average Bonchev–Trinajstić information content (AvgIpc) is 2.47. The largest absolute Gasteiger partial charge is 0.504 e. The van der Waals surface area contributed by atoms with Crippen LogP contribution in [0.3, 0.4) is 0 Å². The van der Waals surface area contributed by atoms with Crippen LogP contribution in [-0.4, -0.2) is 63.4 Å². The molecular formula is C13H16N4O4. The molecule has 1 aromatic carbocycles. The fraction of sp³-hybridized carbons (Fsp3) is 0.385. The van der Waals surface area contributed by atoms with Gasteiger partial charge in [0, 0.05) is 26.2 Å². The van der Waals surface area contributed by atoms with Gasteiger partial charge < -0.3 is 25.1 Å². The minimum atomic E-state index is -0.676. The van der Waals surface area contributed by atoms with Crippen molar-refractivity contribution in [3.8, 4) is 17.2 Å². The number of nitrogens with zero attached hydrogens (tertiary/aromatic N) is 3. The summed E-state index contributed by atoms with van der Waals surface area (Å²) >= 11 is 0. The third-order valence-corrected chi connectivity index (χ3v) is 3.72. The highest BCUT2D eigenvalue weighted by Crippen LogP contribution is 2.39. The van der Waals surface area contributed by atoms with Gasteiger partial charge in [-0.1, -0.05) is 0 Å². The molecule has 4 N–H and O–H groups in total. The Kier molecular flexibility index (Phi) is 3.09. The summed E-state index contributed by atoms with van der Waals surface area (Å²) in [6, 6.07) is 1.09. The number of hydrogen-bond donors (Lipinski definition) is 4. The second-order valence-corrected chi connectivity index (χ2v) is 5.17. The summed E-state index contributed by atoms with van der Waals surface area (Å²) in [7, 11) is 2.01. The Labute approximate surface area is 119 Å². The molecular weight excluding hydrogens is 276 g/mol. The number of aromatic hydroxyl groups is 3. The van der Waals surface area contributed by atoms with Crippen molar-refractivity contribution in [2.45, 2.75) is 0 Å². The van der Waals surface area contributed by atoms with Crippen LogP contribution in [-0.2, 0) is 0 Å². The van der Waals surface area contributed by atoms with Gasteiger partial charge in [-0.2, -0.15) is 0 Å². The standard InChI is InChI=1S/C13H16N4O4/c1-16-2-4-17(5-3-16)13-14-9-7(12(21)15-13)6-8(18)10(19)11(9)20/h6,18-20H,2-5H2,1H3,(H,14,15,21).